The molecule has 0 saturated carbocycles. The Labute approximate surface area is 185 Å². The highest BCUT2D eigenvalue weighted by Gasteiger charge is 2.21. The minimum atomic E-state index is -0.456. The van der Waals surface area contributed by atoms with Crippen molar-refractivity contribution in [3.05, 3.63) is 57.3 Å². The second-order valence-corrected chi connectivity index (χ2v) is 8.46. The number of nitrogens with zero attached hydrogens (tertiary/aromatic N) is 4. The van der Waals surface area contributed by atoms with Crippen molar-refractivity contribution >= 4 is 44.2 Å². The molecule has 1 aliphatic rings. The highest BCUT2D eigenvalue weighted by Crippen LogP contribution is 2.26. The van der Waals surface area contributed by atoms with Crippen molar-refractivity contribution in [2.45, 2.75) is 6.92 Å². The first kappa shape index (κ1) is 20.5. The number of rotatable bonds is 4. The van der Waals surface area contributed by atoms with Crippen molar-refractivity contribution in [1.82, 2.24) is 25.6 Å². The number of carbonyl (C=O) groups is 2. The van der Waals surface area contributed by atoms with Crippen LogP contribution in [0.4, 0.5) is 5.13 Å². The normalized spacial score (nSPS) is 13.9. The highest BCUT2D eigenvalue weighted by molar-refractivity contribution is 9.10. The molecule has 156 valence electrons. The second-order valence-electron chi connectivity index (χ2n) is 6.57. The molecule has 2 amide bonds. The summed E-state index contributed by atoms with van der Waals surface area (Å²) in [6.45, 7) is 4.55. The van der Waals surface area contributed by atoms with Gasteiger partial charge in [0.15, 0.2) is 5.13 Å². The number of hydrogen-bond donors (Lipinski definition) is 2. The van der Waals surface area contributed by atoms with Crippen molar-refractivity contribution in [3.63, 3.8) is 0 Å². The van der Waals surface area contributed by atoms with Gasteiger partial charge in [-0.25, -0.2) is 9.67 Å². The van der Waals surface area contributed by atoms with Crippen LogP contribution in [0.3, 0.4) is 0 Å². The molecule has 0 atom stereocenters. The topological polar surface area (TPSA) is 101 Å². The van der Waals surface area contributed by atoms with E-state index in [1.54, 1.807) is 17.8 Å². The molecular weight excluding hydrogens is 472 g/mol. The van der Waals surface area contributed by atoms with Gasteiger partial charge in [0.05, 0.1) is 36.4 Å². The van der Waals surface area contributed by atoms with Crippen LogP contribution in [-0.2, 0) is 4.74 Å². The fourth-order valence-corrected chi connectivity index (χ4v) is 4.18. The van der Waals surface area contributed by atoms with E-state index in [4.69, 9.17) is 4.74 Å². The first-order valence-electron chi connectivity index (χ1n) is 9.22. The number of ether oxygens (including phenoxy) is 1. The number of morpholine rings is 1. The van der Waals surface area contributed by atoms with E-state index in [-0.39, 0.29) is 0 Å². The second kappa shape index (κ2) is 8.94. The van der Waals surface area contributed by atoms with E-state index in [2.05, 4.69) is 41.8 Å². The number of benzene rings is 1. The summed E-state index contributed by atoms with van der Waals surface area (Å²) in [6.07, 6.45) is 3.04. The summed E-state index contributed by atoms with van der Waals surface area (Å²) in [5.74, 6) is -0.861. The maximum atomic E-state index is 12.5. The Morgan fingerprint density at radius 2 is 1.83 bits per heavy atom. The predicted octanol–water partition coefficient (Wildman–Crippen LogP) is 2.31. The molecule has 1 saturated heterocycles. The molecule has 9 nitrogen and oxygen atoms in total. The summed E-state index contributed by atoms with van der Waals surface area (Å²) in [5, 5.41) is 4.98. The smallest absolute Gasteiger partial charge is 0.281 e. The van der Waals surface area contributed by atoms with Crippen LogP contribution >= 0.6 is 27.3 Å². The van der Waals surface area contributed by atoms with Gasteiger partial charge in [0.1, 0.15) is 4.88 Å². The first-order valence-corrected chi connectivity index (χ1v) is 10.8. The number of anilines is 1. The van der Waals surface area contributed by atoms with E-state index in [9.17, 15) is 9.59 Å². The Kier molecular flexibility index (Phi) is 6.11. The maximum absolute atomic E-state index is 12.5. The van der Waals surface area contributed by atoms with Crippen LogP contribution in [0.1, 0.15) is 25.7 Å². The SMILES string of the molecule is Cc1nc(N2CCOCC2)sc1C(=O)NNC(=O)c1cnn(-c2ccc(Br)cc2)c1. The molecule has 0 unspecified atom stereocenters. The molecule has 2 aromatic heterocycles. The van der Waals surface area contributed by atoms with Gasteiger partial charge in [-0.05, 0) is 31.2 Å². The fraction of sp³-hybridized carbons (Fsp3) is 0.263. The molecule has 1 fully saturated rings. The van der Waals surface area contributed by atoms with E-state index >= 15 is 0 Å². The molecular formula is C19H19BrN6O3S. The Hall–Kier alpha value is -2.76. The lowest BCUT2D eigenvalue weighted by Crippen LogP contribution is -2.41. The summed E-state index contributed by atoms with van der Waals surface area (Å²) >= 11 is 4.68. The van der Waals surface area contributed by atoms with E-state index in [0.29, 0.717) is 29.3 Å². The molecule has 30 heavy (non-hydrogen) atoms. The molecule has 2 N–H and O–H groups in total. The average Bonchev–Trinajstić information content (AvgIpc) is 3.40. The van der Waals surface area contributed by atoms with Crippen LogP contribution in [0.15, 0.2) is 41.1 Å². The Bertz CT molecular complexity index is 1060. The zero-order valence-electron chi connectivity index (χ0n) is 16.1. The monoisotopic (exact) mass is 490 g/mol. The van der Waals surface area contributed by atoms with Crippen LogP contribution in [0, 0.1) is 6.92 Å². The largest absolute Gasteiger partial charge is 0.378 e. The summed E-state index contributed by atoms with van der Waals surface area (Å²) in [6, 6.07) is 7.53. The van der Waals surface area contributed by atoms with Crippen molar-refractivity contribution < 1.29 is 14.3 Å². The molecule has 3 aromatic rings. The quantitative estimate of drug-likeness (QED) is 0.544. The number of amides is 2. The standard InChI is InChI=1S/C19H19BrN6O3S/c1-12-16(30-19(22-12)25-6-8-29-9-7-25)18(28)24-23-17(27)13-10-21-26(11-13)15-4-2-14(20)3-5-15/h2-5,10-11H,6-9H2,1H3,(H,23,27)(H,24,28). The fourth-order valence-electron chi connectivity index (χ4n) is 2.90. The minimum absolute atomic E-state index is 0.327. The number of aryl methyl sites for hydroxylation is 1. The first-order chi connectivity index (χ1) is 14.5. The third kappa shape index (κ3) is 4.53. The maximum Gasteiger partial charge on any atom is 0.281 e. The molecule has 1 aliphatic heterocycles. The van der Waals surface area contributed by atoms with Gasteiger partial charge in [0, 0.05) is 23.8 Å². The number of nitrogens with one attached hydrogen (secondary N) is 2. The zero-order chi connectivity index (χ0) is 21.1. The third-order valence-corrected chi connectivity index (χ3v) is 6.24. The van der Waals surface area contributed by atoms with Crippen molar-refractivity contribution in [2.24, 2.45) is 0 Å². The predicted molar refractivity (Wildman–Crippen MR) is 116 cm³/mol. The average molecular weight is 491 g/mol. The van der Waals surface area contributed by atoms with Gasteiger partial charge in [-0.1, -0.05) is 27.3 Å². The van der Waals surface area contributed by atoms with E-state index in [1.807, 2.05) is 24.3 Å². The summed E-state index contributed by atoms with van der Waals surface area (Å²) in [7, 11) is 0. The molecule has 0 spiro atoms. The Balaban J connectivity index is 1.37. The van der Waals surface area contributed by atoms with Crippen LogP contribution < -0.4 is 15.8 Å². The van der Waals surface area contributed by atoms with Crippen LogP contribution in [0.2, 0.25) is 0 Å². The van der Waals surface area contributed by atoms with E-state index in [1.165, 1.54) is 17.5 Å². The molecule has 11 heteroatoms. The highest BCUT2D eigenvalue weighted by atomic mass is 79.9. The van der Waals surface area contributed by atoms with Crippen molar-refractivity contribution in [1.29, 1.82) is 0 Å². The van der Waals surface area contributed by atoms with Gasteiger partial charge in [-0.3, -0.25) is 20.4 Å². The summed E-state index contributed by atoms with van der Waals surface area (Å²) in [5.41, 5.74) is 6.65. The lowest BCUT2D eigenvalue weighted by Gasteiger charge is -2.25. The number of thiazole rings is 1. The van der Waals surface area contributed by atoms with Crippen LogP contribution in [-0.4, -0.2) is 52.9 Å². The van der Waals surface area contributed by atoms with Crippen LogP contribution in [0.5, 0.6) is 0 Å². The lowest BCUT2D eigenvalue weighted by atomic mass is 10.3. The molecule has 0 radical (unpaired) electrons. The van der Waals surface area contributed by atoms with E-state index in [0.717, 1.165) is 28.4 Å². The molecule has 3 heterocycles. The third-order valence-electron chi connectivity index (χ3n) is 4.50. The number of halogens is 1. The van der Waals surface area contributed by atoms with Crippen LogP contribution in [0.25, 0.3) is 5.69 Å². The lowest BCUT2D eigenvalue weighted by molar-refractivity contribution is 0.0848. The van der Waals surface area contributed by atoms with Gasteiger partial charge in [0.25, 0.3) is 11.8 Å². The number of aromatic nitrogens is 3. The summed E-state index contributed by atoms with van der Waals surface area (Å²) in [4.78, 5) is 32.0. The number of hydrazine groups is 1. The van der Waals surface area contributed by atoms with Crippen molar-refractivity contribution in [2.75, 3.05) is 31.2 Å². The van der Waals surface area contributed by atoms with Gasteiger partial charge in [-0.2, -0.15) is 5.10 Å². The minimum Gasteiger partial charge on any atom is -0.378 e. The molecule has 1 aromatic carbocycles. The Morgan fingerprint density at radius 1 is 1.13 bits per heavy atom. The molecule has 0 aliphatic carbocycles. The van der Waals surface area contributed by atoms with Gasteiger partial charge >= 0.3 is 0 Å². The van der Waals surface area contributed by atoms with Gasteiger partial charge < -0.3 is 9.64 Å². The van der Waals surface area contributed by atoms with Crippen molar-refractivity contribution in [3.8, 4) is 5.69 Å². The molecule has 4 rings (SSSR count). The Morgan fingerprint density at radius 3 is 2.57 bits per heavy atom. The van der Waals surface area contributed by atoms with E-state index < -0.39 is 11.8 Å². The number of carbonyl (C=O) groups excluding carboxylic acids is 2. The number of hydrogen-bond acceptors (Lipinski definition) is 7. The van der Waals surface area contributed by atoms with Gasteiger partial charge in [-0.15, -0.1) is 0 Å². The molecule has 0 bridgehead atoms. The zero-order valence-corrected chi connectivity index (χ0v) is 18.5. The van der Waals surface area contributed by atoms with Gasteiger partial charge in [0.2, 0.25) is 0 Å². The summed E-state index contributed by atoms with van der Waals surface area (Å²) < 4.78 is 7.89.